The van der Waals surface area contributed by atoms with Gasteiger partial charge in [-0.05, 0) is 17.3 Å². The third-order valence-electron chi connectivity index (χ3n) is 2.38. The summed E-state index contributed by atoms with van der Waals surface area (Å²) in [7, 11) is 1.41. The molecule has 0 unspecified atom stereocenters. The third kappa shape index (κ3) is 7.04. The van der Waals surface area contributed by atoms with Crippen molar-refractivity contribution < 1.29 is 9.53 Å². The van der Waals surface area contributed by atoms with Gasteiger partial charge in [0.2, 0.25) is 0 Å². The van der Waals surface area contributed by atoms with Crippen LogP contribution in [0.3, 0.4) is 0 Å². The van der Waals surface area contributed by atoms with Crippen LogP contribution < -0.4 is 0 Å². The second-order valence-electron chi connectivity index (χ2n) is 5.65. The van der Waals surface area contributed by atoms with Crippen molar-refractivity contribution in [3.63, 3.8) is 0 Å². The van der Waals surface area contributed by atoms with Gasteiger partial charge < -0.3 is 4.74 Å². The first-order valence-corrected chi connectivity index (χ1v) is 6.65. The number of alkyl halides is 1. The van der Waals surface area contributed by atoms with Gasteiger partial charge in [0.05, 0.1) is 13.5 Å². The Morgan fingerprint density at radius 3 is 2.31 bits per heavy atom. The zero-order valence-corrected chi connectivity index (χ0v) is 12.6. The Morgan fingerprint density at radius 1 is 1.31 bits per heavy atom. The Kier molecular flexibility index (Phi) is 6.31. The van der Waals surface area contributed by atoms with E-state index in [0.717, 1.165) is 11.8 Å². The number of carbonyl (C=O) groups is 1. The summed E-state index contributed by atoms with van der Waals surface area (Å²) in [6, 6.07) is 0. The largest absolute Gasteiger partial charge is 0.469 e. The van der Waals surface area contributed by atoms with Crippen molar-refractivity contribution in [3.8, 4) is 0 Å². The number of esters is 1. The number of rotatable bonds is 6. The molecule has 0 aliphatic carbocycles. The first-order valence-electron chi connectivity index (χ1n) is 5.53. The molecule has 0 fully saturated rings. The van der Waals surface area contributed by atoms with Crippen molar-refractivity contribution in [2.45, 2.75) is 40.5 Å². The van der Waals surface area contributed by atoms with Crippen LogP contribution in [0.25, 0.3) is 0 Å². The summed E-state index contributed by atoms with van der Waals surface area (Å²) in [4.78, 5) is 11.0. The van der Waals surface area contributed by atoms with Gasteiger partial charge in [0.1, 0.15) is 0 Å². The Hall–Kier alpha value is -0.310. The molecule has 0 aliphatic rings. The summed E-state index contributed by atoms with van der Waals surface area (Å²) in [6.07, 6.45) is 5.43. The van der Waals surface area contributed by atoms with E-state index in [1.54, 1.807) is 0 Å². The summed E-state index contributed by atoms with van der Waals surface area (Å²) < 4.78 is 4.59. The monoisotopic (exact) mass is 290 g/mol. The van der Waals surface area contributed by atoms with E-state index in [-0.39, 0.29) is 16.8 Å². The van der Waals surface area contributed by atoms with Gasteiger partial charge in [-0.2, -0.15) is 0 Å². The number of hydrogen-bond donors (Lipinski definition) is 0. The van der Waals surface area contributed by atoms with Gasteiger partial charge in [0.15, 0.2) is 0 Å². The molecule has 94 valence electrons. The Morgan fingerprint density at radius 2 is 1.88 bits per heavy atom. The lowest BCUT2D eigenvalue weighted by molar-refractivity contribution is -0.139. The second kappa shape index (κ2) is 6.43. The molecular weight excluding hydrogens is 268 g/mol. The molecule has 16 heavy (non-hydrogen) atoms. The second-order valence-corrected chi connectivity index (χ2v) is 6.21. The van der Waals surface area contributed by atoms with Gasteiger partial charge in [-0.3, -0.25) is 4.79 Å². The van der Waals surface area contributed by atoms with Crippen molar-refractivity contribution in [1.82, 2.24) is 0 Å². The van der Waals surface area contributed by atoms with E-state index < -0.39 is 0 Å². The quantitative estimate of drug-likeness (QED) is 0.421. The maximum Gasteiger partial charge on any atom is 0.309 e. The van der Waals surface area contributed by atoms with E-state index in [1.807, 2.05) is 6.08 Å². The Balaban J connectivity index is 4.29. The van der Waals surface area contributed by atoms with Crippen molar-refractivity contribution >= 4 is 21.9 Å². The highest BCUT2D eigenvalue weighted by molar-refractivity contribution is 9.09. The molecule has 0 saturated heterocycles. The lowest BCUT2D eigenvalue weighted by Crippen LogP contribution is -2.22. The average Bonchev–Trinajstić information content (AvgIpc) is 2.15. The number of hydrogen-bond acceptors (Lipinski definition) is 2. The molecule has 0 aliphatic heterocycles. The highest BCUT2D eigenvalue weighted by Crippen LogP contribution is 2.35. The molecule has 0 atom stereocenters. The molecule has 0 aromatic rings. The Bertz CT molecular complexity index is 255. The molecule has 0 spiro atoms. The zero-order chi connectivity index (χ0) is 12.8. The molecule has 3 heteroatoms. The molecule has 0 saturated carbocycles. The first-order chi connectivity index (χ1) is 7.22. The van der Waals surface area contributed by atoms with Crippen LogP contribution >= 0.6 is 15.9 Å². The summed E-state index contributed by atoms with van der Waals surface area (Å²) in [5.41, 5.74) is 0.365. The predicted molar refractivity (Wildman–Crippen MR) is 71.7 cm³/mol. The smallest absolute Gasteiger partial charge is 0.309 e. The number of methoxy groups -OCH3 is 1. The molecule has 0 rings (SSSR count). The van der Waals surface area contributed by atoms with Crippen LogP contribution in [0.15, 0.2) is 12.2 Å². The van der Waals surface area contributed by atoms with Crippen LogP contribution in [-0.4, -0.2) is 18.4 Å². The average molecular weight is 291 g/mol. The SMILES string of the molecule is COC(=O)C/C=C\C(C)(C)CC(C)(C)CBr. The molecule has 0 heterocycles. The fraction of sp³-hybridized carbons (Fsp3) is 0.769. The summed E-state index contributed by atoms with van der Waals surface area (Å²) in [5.74, 6) is -0.188. The minimum atomic E-state index is -0.188. The third-order valence-corrected chi connectivity index (χ3v) is 3.90. The lowest BCUT2D eigenvalue weighted by Gasteiger charge is -2.31. The number of ether oxygens (including phenoxy) is 1. The normalized spacial score (nSPS) is 13.1. The van der Waals surface area contributed by atoms with E-state index in [4.69, 9.17) is 0 Å². The highest BCUT2D eigenvalue weighted by Gasteiger charge is 2.25. The number of halogens is 1. The standard InChI is InChI=1S/C13H23BrO2/c1-12(2,9-13(3,4)10-14)8-6-7-11(15)16-5/h6,8H,7,9-10H2,1-5H3/b8-6-. The number of carbonyl (C=O) groups excluding carboxylic acids is 1. The molecule has 2 nitrogen and oxygen atoms in total. The van der Waals surface area contributed by atoms with Crippen LogP contribution in [-0.2, 0) is 9.53 Å². The van der Waals surface area contributed by atoms with Crippen molar-refractivity contribution in [2.24, 2.45) is 10.8 Å². The summed E-state index contributed by atoms with van der Waals surface area (Å²) in [5, 5.41) is 0.980. The van der Waals surface area contributed by atoms with Crippen molar-refractivity contribution in [2.75, 3.05) is 12.4 Å². The van der Waals surface area contributed by atoms with Gasteiger partial charge in [0, 0.05) is 5.33 Å². The van der Waals surface area contributed by atoms with E-state index >= 15 is 0 Å². The zero-order valence-electron chi connectivity index (χ0n) is 11.0. The maximum absolute atomic E-state index is 11.0. The molecule has 0 amide bonds. The van der Waals surface area contributed by atoms with Crippen molar-refractivity contribution in [3.05, 3.63) is 12.2 Å². The predicted octanol–water partition coefficient (Wildman–Crippen LogP) is 3.94. The van der Waals surface area contributed by atoms with E-state index in [1.165, 1.54) is 7.11 Å². The molecular formula is C13H23BrO2. The first kappa shape index (κ1) is 15.7. The van der Waals surface area contributed by atoms with Gasteiger partial charge in [0.25, 0.3) is 0 Å². The molecule has 0 aromatic heterocycles. The van der Waals surface area contributed by atoms with Gasteiger partial charge >= 0.3 is 5.97 Å². The minimum absolute atomic E-state index is 0.102. The maximum atomic E-state index is 11.0. The highest BCUT2D eigenvalue weighted by atomic mass is 79.9. The van der Waals surface area contributed by atoms with Gasteiger partial charge in [-0.1, -0.05) is 55.8 Å². The summed E-state index contributed by atoms with van der Waals surface area (Å²) >= 11 is 3.53. The fourth-order valence-corrected chi connectivity index (χ4v) is 2.10. The minimum Gasteiger partial charge on any atom is -0.469 e. The fourth-order valence-electron chi connectivity index (χ4n) is 1.90. The molecule has 0 bridgehead atoms. The molecule has 0 radical (unpaired) electrons. The van der Waals surface area contributed by atoms with Crippen LogP contribution in [0.2, 0.25) is 0 Å². The Labute approximate surface area is 108 Å². The molecule has 0 aromatic carbocycles. The van der Waals surface area contributed by atoms with E-state index in [9.17, 15) is 4.79 Å². The lowest BCUT2D eigenvalue weighted by atomic mass is 9.76. The van der Waals surface area contributed by atoms with Gasteiger partial charge in [-0.25, -0.2) is 0 Å². The van der Waals surface area contributed by atoms with Crippen LogP contribution in [0.1, 0.15) is 40.5 Å². The van der Waals surface area contributed by atoms with Crippen LogP contribution in [0, 0.1) is 10.8 Å². The van der Waals surface area contributed by atoms with E-state index in [2.05, 4.69) is 54.4 Å². The molecule has 0 N–H and O–H groups in total. The summed E-state index contributed by atoms with van der Waals surface area (Å²) in [6.45, 7) is 8.84. The topological polar surface area (TPSA) is 26.3 Å². The van der Waals surface area contributed by atoms with Crippen LogP contribution in [0.5, 0.6) is 0 Å². The van der Waals surface area contributed by atoms with Crippen LogP contribution in [0.4, 0.5) is 0 Å². The van der Waals surface area contributed by atoms with Crippen molar-refractivity contribution in [1.29, 1.82) is 0 Å². The van der Waals surface area contributed by atoms with E-state index in [0.29, 0.717) is 6.42 Å². The van der Waals surface area contributed by atoms with Gasteiger partial charge in [-0.15, -0.1) is 0 Å². The number of allylic oxidation sites excluding steroid dienone is 1.